The number of hydrogen-bond acceptors (Lipinski definition) is 9. The summed E-state index contributed by atoms with van der Waals surface area (Å²) in [6.45, 7) is 6.75. The summed E-state index contributed by atoms with van der Waals surface area (Å²) >= 11 is 6.23. The van der Waals surface area contributed by atoms with Gasteiger partial charge in [-0.05, 0) is 29.8 Å². The van der Waals surface area contributed by atoms with E-state index >= 15 is 0 Å². The maximum atomic E-state index is 12.2. The molecule has 2 fully saturated rings. The predicted molar refractivity (Wildman–Crippen MR) is 147 cm³/mol. The molecule has 0 bridgehead atoms. The zero-order chi connectivity index (χ0) is 26.5. The number of nitrogens with zero attached hydrogens (tertiary/aromatic N) is 4. The van der Waals surface area contributed by atoms with Crippen LogP contribution >= 0.6 is 11.6 Å². The summed E-state index contributed by atoms with van der Waals surface area (Å²) in [5.74, 6) is 1.43. The molecule has 0 aliphatic carbocycles. The number of aromatic nitrogens is 2. The number of nitrogens with one attached hydrogen (secondary N) is 2. The Kier molecular flexibility index (Phi) is 7.92. The SMILES string of the molecule is C=CC(=O)Nc1cc(Nc2cc(N3OCC[C@@H]3c3cccc(Cl)c3)ncn2)c(OC)cc1N1CCOCC1. The van der Waals surface area contributed by atoms with Gasteiger partial charge in [-0.1, -0.05) is 30.3 Å². The number of methoxy groups -OCH3 is 1. The normalized spacial score (nSPS) is 17.3. The fraction of sp³-hybridized carbons (Fsp3) is 0.296. The third kappa shape index (κ3) is 5.67. The number of morpholine rings is 1. The van der Waals surface area contributed by atoms with E-state index in [1.54, 1.807) is 18.2 Å². The number of anilines is 5. The van der Waals surface area contributed by atoms with E-state index < -0.39 is 0 Å². The molecule has 2 N–H and O–H groups in total. The van der Waals surface area contributed by atoms with Crippen molar-refractivity contribution in [3.63, 3.8) is 0 Å². The molecule has 0 radical (unpaired) electrons. The Morgan fingerprint density at radius 1 is 1.16 bits per heavy atom. The number of carbonyl (C=O) groups is 1. The second-order valence-corrected chi connectivity index (χ2v) is 9.20. The van der Waals surface area contributed by atoms with E-state index in [2.05, 4.69) is 32.1 Å². The molecule has 2 saturated heterocycles. The van der Waals surface area contributed by atoms with Gasteiger partial charge in [0.2, 0.25) is 5.91 Å². The molecular weight excluding hydrogens is 508 g/mol. The number of halogens is 1. The van der Waals surface area contributed by atoms with Crippen molar-refractivity contribution in [3.8, 4) is 5.75 Å². The molecule has 10 nitrogen and oxygen atoms in total. The first kappa shape index (κ1) is 25.8. The first-order chi connectivity index (χ1) is 18.6. The van der Waals surface area contributed by atoms with Crippen molar-refractivity contribution in [2.45, 2.75) is 12.5 Å². The lowest BCUT2D eigenvalue weighted by Crippen LogP contribution is -2.36. The van der Waals surface area contributed by atoms with Gasteiger partial charge >= 0.3 is 0 Å². The lowest BCUT2D eigenvalue weighted by Gasteiger charge is -2.31. The Labute approximate surface area is 226 Å². The molecule has 2 aliphatic heterocycles. The molecule has 1 atom stereocenters. The van der Waals surface area contributed by atoms with Gasteiger partial charge < -0.3 is 25.0 Å². The van der Waals surface area contributed by atoms with Crippen LogP contribution < -0.4 is 25.3 Å². The van der Waals surface area contributed by atoms with Gasteiger partial charge in [0.1, 0.15) is 17.9 Å². The third-order valence-electron chi connectivity index (χ3n) is 6.39. The summed E-state index contributed by atoms with van der Waals surface area (Å²) < 4.78 is 11.2. The monoisotopic (exact) mass is 536 g/mol. The predicted octanol–water partition coefficient (Wildman–Crippen LogP) is 4.73. The van der Waals surface area contributed by atoms with Crippen molar-refractivity contribution < 1.29 is 19.1 Å². The average Bonchev–Trinajstić information content (AvgIpc) is 3.44. The van der Waals surface area contributed by atoms with Gasteiger partial charge in [-0.3, -0.25) is 9.63 Å². The minimum absolute atomic E-state index is 0.0282. The lowest BCUT2D eigenvalue weighted by atomic mass is 10.0. The van der Waals surface area contributed by atoms with Crippen molar-refractivity contribution in [1.29, 1.82) is 0 Å². The van der Waals surface area contributed by atoms with E-state index in [-0.39, 0.29) is 11.9 Å². The molecule has 38 heavy (non-hydrogen) atoms. The van der Waals surface area contributed by atoms with Crippen molar-refractivity contribution in [1.82, 2.24) is 9.97 Å². The van der Waals surface area contributed by atoms with Crippen molar-refractivity contribution in [3.05, 3.63) is 72.0 Å². The average molecular weight is 537 g/mol. The first-order valence-corrected chi connectivity index (χ1v) is 12.7. The maximum Gasteiger partial charge on any atom is 0.247 e. The summed E-state index contributed by atoms with van der Waals surface area (Å²) in [7, 11) is 1.60. The van der Waals surface area contributed by atoms with E-state index in [0.717, 1.165) is 17.7 Å². The minimum atomic E-state index is -0.307. The van der Waals surface area contributed by atoms with Crippen LogP contribution in [0.1, 0.15) is 18.0 Å². The zero-order valence-corrected chi connectivity index (χ0v) is 21.8. The van der Waals surface area contributed by atoms with Crippen LogP contribution in [0.15, 0.2) is 61.4 Å². The molecule has 0 unspecified atom stereocenters. The Hall–Kier alpha value is -3.86. The second kappa shape index (κ2) is 11.7. The Bertz CT molecular complexity index is 1320. The smallest absolute Gasteiger partial charge is 0.247 e. The number of carbonyl (C=O) groups excluding carboxylic acids is 1. The van der Waals surface area contributed by atoms with E-state index in [9.17, 15) is 4.79 Å². The summed E-state index contributed by atoms with van der Waals surface area (Å²) in [5.41, 5.74) is 3.13. The van der Waals surface area contributed by atoms with Crippen molar-refractivity contribution in [2.75, 3.05) is 60.6 Å². The number of benzene rings is 2. The molecular formula is C27H29ClN6O4. The van der Waals surface area contributed by atoms with E-state index in [1.165, 1.54) is 12.4 Å². The molecule has 11 heteroatoms. The summed E-state index contributed by atoms with van der Waals surface area (Å²) in [4.78, 5) is 29.2. The number of rotatable bonds is 8. The number of hydrogen-bond donors (Lipinski definition) is 2. The zero-order valence-electron chi connectivity index (χ0n) is 21.0. The molecule has 0 saturated carbocycles. The second-order valence-electron chi connectivity index (χ2n) is 8.77. The highest BCUT2D eigenvalue weighted by Crippen LogP contribution is 2.40. The van der Waals surface area contributed by atoms with Crippen molar-refractivity contribution in [2.24, 2.45) is 0 Å². The number of ether oxygens (including phenoxy) is 2. The van der Waals surface area contributed by atoms with Gasteiger partial charge in [-0.25, -0.2) is 15.0 Å². The van der Waals surface area contributed by atoms with Crippen LogP contribution in [-0.4, -0.2) is 55.9 Å². The van der Waals surface area contributed by atoms with Crippen LogP contribution in [0, 0.1) is 0 Å². The number of hydroxylamine groups is 1. The van der Waals surface area contributed by atoms with Crippen LogP contribution in [0.4, 0.5) is 28.7 Å². The van der Waals surface area contributed by atoms with Gasteiger partial charge in [0, 0.05) is 36.7 Å². The standard InChI is InChI=1S/C27H29ClN6O4/c1-3-27(35)32-20-14-21(24(36-2)15-23(20)33-8-11-37-12-9-33)31-25-16-26(30-17-29-25)34-22(7-10-38-34)18-5-4-6-19(28)13-18/h3-6,13-17,22H,1,7-12H2,2H3,(H,32,35)(H,29,30,31)/t22-/m1/s1. The molecule has 2 aliphatic rings. The molecule has 5 rings (SSSR count). The topological polar surface area (TPSA) is 101 Å². The Morgan fingerprint density at radius 3 is 2.76 bits per heavy atom. The molecule has 1 aromatic heterocycles. The van der Waals surface area contributed by atoms with E-state index in [1.807, 2.05) is 36.4 Å². The Morgan fingerprint density at radius 2 is 2.00 bits per heavy atom. The molecule has 3 heterocycles. The fourth-order valence-corrected chi connectivity index (χ4v) is 4.77. The van der Waals surface area contributed by atoms with Crippen LogP contribution in [-0.2, 0) is 14.4 Å². The highest BCUT2D eigenvalue weighted by atomic mass is 35.5. The van der Waals surface area contributed by atoms with Crippen LogP contribution in [0.25, 0.3) is 0 Å². The summed E-state index contributed by atoms with van der Waals surface area (Å²) in [5, 5.41) is 8.68. The molecule has 3 aromatic rings. The maximum absolute atomic E-state index is 12.2. The number of amides is 1. The van der Waals surface area contributed by atoms with Crippen LogP contribution in [0.2, 0.25) is 5.02 Å². The van der Waals surface area contributed by atoms with Crippen LogP contribution in [0.3, 0.4) is 0 Å². The first-order valence-electron chi connectivity index (χ1n) is 12.3. The molecule has 1 amide bonds. The Balaban J connectivity index is 1.44. The van der Waals surface area contributed by atoms with Gasteiger partial charge in [0.15, 0.2) is 5.82 Å². The van der Waals surface area contributed by atoms with Gasteiger partial charge in [0.25, 0.3) is 0 Å². The van der Waals surface area contributed by atoms with E-state index in [4.69, 9.17) is 25.9 Å². The fourth-order valence-electron chi connectivity index (χ4n) is 4.57. The lowest BCUT2D eigenvalue weighted by molar-refractivity contribution is -0.111. The quantitative estimate of drug-likeness (QED) is 0.396. The summed E-state index contributed by atoms with van der Waals surface area (Å²) in [6.07, 6.45) is 3.52. The molecule has 2 aromatic carbocycles. The van der Waals surface area contributed by atoms with E-state index in [0.29, 0.717) is 66.7 Å². The molecule has 198 valence electrons. The van der Waals surface area contributed by atoms with Gasteiger partial charge in [-0.15, -0.1) is 0 Å². The van der Waals surface area contributed by atoms with Crippen molar-refractivity contribution >= 4 is 46.2 Å². The summed E-state index contributed by atoms with van der Waals surface area (Å²) in [6, 6.07) is 13.2. The minimum Gasteiger partial charge on any atom is -0.494 e. The largest absolute Gasteiger partial charge is 0.494 e. The molecule has 0 spiro atoms. The highest BCUT2D eigenvalue weighted by Gasteiger charge is 2.29. The van der Waals surface area contributed by atoms with Gasteiger partial charge in [0.05, 0.1) is 50.0 Å². The van der Waals surface area contributed by atoms with Crippen LogP contribution in [0.5, 0.6) is 5.75 Å². The van der Waals surface area contributed by atoms with Gasteiger partial charge in [-0.2, -0.15) is 0 Å². The highest BCUT2D eigenvalue weighted by molar-refractivity contribution is 6.30. The third-order valence-corrected chi connectivity index (χ3v) is 6.63.